The average Bonchev–Trinajstić information content (AvgIpc) is 2.17. The smallest absolute Gasteiger partial charge is 0.0241 e. The summed E-state index contributed by atoms with van der Waals surface area (Å²) in [6.45, 7) is 10.4. The van der Waals surface area contributed by atoms with Crippen molar-refractivity contribution in [3.63, 3.8) is 0 Å². The van der Waals surface area contributed by atoms with E-state index < -0.39 is 0 Å². The van der Waals surface area contributed by atoms with Gasteiger partial charge in [0.2, 0.25) is 0 Å². The van der Waals surface area contributed by atoms with E-state index in [0.717, 1.165) is 5.92 Å². The van der Waals surface area contributed by atoms with Gasteiger partial charge in [-0.15, -0.1) is 0 Å². The van der Waals surface area contributed by atoms with Crippen molar-refractivity contribution < 1.29 is 0 Å². The van der Waals surface area contributed by atoms with E-state index in [-0.39, 0.29) is 0 Å². The van der Waals surface area contributed by atoms with Crippen LogP contribution in [0.15, 0.2) is 0 Å². The van der Waals surface area contributed by atoms with Crippen LogP contribution < -0.4 is 5.43 Å². The fraction of sp³-hybridized carbons (Fsp3) is 1.00. The molecule has 0 aliphatic carbocycles. The van der Waals surface area contributed by atoms with Crippen LogP contribution in [0.1, 0.15) is 47.0 Å². The van der Waals surface area contributed by atoms with Gasteiger partial charge < -0.3 is 0 Å². The maximum absolute atomic E-state index is 3.64. The SMILES string of the molecule is CCC(C)[C@@H]1CCCN(C(C)C)N1. The van der Waals surface area contributed by atoms with E-state index in [1.807, 2.05) is 0 Å². The van der Waals surface area contributed by atoms with Gasteiger partial charge in [0.25, 0.3) is 0 Å². The summed E-state index contributed by atoms with van der Waals surface area (Å²) in [6.07, 6.45) is 3.97. The molecule has 0 amide bonds. The van der Waals surface area contributed by atoms with Crippen molar-refractivity contribution in [2.24, 2.45) is 5.92 Å². The molecule has 0 spiro atoms. The van der Waals surface area contributed by atoms with Crippen LogP contribution in [0.2, 0.25) is 0 Å². The molecule has 13 heavy (non-hydrogen) atoms. The molecule has 0 saturated carbocycles. The van der Waals surface area contributed by atoms with Gasteiger partial charge in [-0.25, -0.2) is 5.01 Å². The molecule has 0 radical (unpaired) electrons. The molecule has 1 aliphatic rings. The van der Waals surface area contributed by atoms with Crippen LogP contribution in [0.25, 0.3) is 0 Å². The van der Waals surface area contributed by atoms with Crippen molar-refractivity contribution in [3.8, 4) is 0 Å². The Balaban J connectivity index is 2.41. The Bertz CT molecular complexity index is 145. The standard InChI is InChI=1S/C11H24N2/c1-5-10(4)11-7-6-8-13(12-11)9(2)3/h9-12H,5-8H2,1-4H3/t10?,11-/m0/s1. The summed E-state index contributed by atoms with van der Waals surface area (Å²) in [7, 11) is 0. The summed E-state index contributed by atoms with van der Waals surface area (Å²) in [5, 5.41) is 2.39. The Morgan fingerprint density at radius 2 is 2.08 bits per heavy atom. The van der Waals surface area contributed by atoms with E-state index in [0.29, 0.717) is 12.1 Å². The third kappa shape index (κ3) is 2.96. The second kappa shape index (κ2) is 4.97. The Kier molecular flexibility index (Phi) is 4.20. The largest absolute Gasteiger partial charge is 0.252 e. The molecule has 1 fully saturated rings. The molecule has 1 aliphatic heterocycles. The Morgan fingerprint density at radius 3 is 2.62 bits per heavy atom. The number of hydrazine groups is 1. The van der Waals surface area contributed by atoms with Crippen LogP contribution in [-0.2, 0) is 0 Å². The van der Waals surface area contributed by atoms with Crippen molar-refractivity contribution >= 4 is 0 Å². The third-order valence-corrected chi connectivity index (χ3v) is 3.20. The molecule has 0 aromatic heterocycles. The molecule has 2 atom stereocenters. The number of nitrogens with one attached hydrogen (secondary N) is 1. The van der Waals surface area contributed by atoms with Crippen LogP contribution in [0.5, 0.6) is 0 Å². The van der Waals surface area contributed by atoms with Crippen molar-refractivity contribution in [3.05, 3.63) is 0 Å². The zero-order valence-electron chi connectivity index (χ0n) is 9.51. The number of nitrogens with zero attached hydrogens (tertiary/aromatic N) is 1. The lowest BCUT2D eigenvalue weighted by Crippen LogP contribution is -2.54. The van der Waals surface area contributed by atoms with E-state index in [1.165, 1.54) is 25.8 Å². The Hall–Kier alpha value is -0.0800. The van der Waals surface area contributed by atoms with Gasteiger partial charge in [0.1, 0.15) is 0 Å². The molecule has 2 nitrogen and oxygen atoms in total. The van der Waals surface area contributed by atoms with Crippen LogP contribution in [0.3, 0.4) is 0 Å². The molecule has 1 saturated heterocycles. The number of hydrogen-bond donors (Lipinski definition) is 1. The minimum absolute atomic E-state index is 0.631. The first-order valence-electron chi connectivity index (χ1n) is 5.68. The fourth-order valence-corrected chi connectivity index (χ4v) is 1.93. The zero-order chi connectivity index (χ0) is 9.84. The predicted octanol–water partition coefficient (Wildman–Crippen LogP) is 2.41. The van der Waals surface area contributed by atoms with Gasteiger partial charge in [-0.3, -0.25) is 5.43 Å². The lowest BCUT2D eigenvalue weighted by atomic mass is 9.94. The fourth-order valence-electron chi connectivity index (χ4n) is 1.93. The van der Waals surface area contributed by atoms with E-state index >= 15 is 0 Å². The quantitative estimate of drug-likeness (QED) is 0.724. The first-order valence-corrected chi connectivity index (χ1v) is 5.68. The highest BCUT2D eigenvalue weighted by molar-refractivity contribution is 4.77. The first-order chi connectivity index (χ1) is 6.15. The van der Waals surface area contributed by atoms with Crippen LogP contribution in [-0.4, -0.2) is 23.6 Å². The van der Waals surface area contributed by atoms with E-state index in [4.69, 9.17) is 0 Å². The summed E-state index contributed by atoms with van der Waals surface area (Å²) in [5.41, 5.74) is 3.64. The summed E-state index contributed by atoms with van der Waals surface area (Å²) in [6, 6.07) is 1.34. The monoisotopic (exact) mass is 184 g/mol. The lowest BCUT2D eigenvalue weighted by Gasteiger charge is -2.39. The third-order valence-electron chi connectivity index (χ3n) is 3.20. The maximum Gasteiger partial charge on any atom is 0.0241 e. The van der Waals surface area contributed by atoms with Gasteiger partial charge in [-0.1, -0.05) is 20.3 Å². The molecular weight excluding hydrogens is 160 g/mol. The molecule has 1 N–H and O–H groups in total. The lowest BCUT2D eigenvalue weighted by molar-refractivity contribution is 0.0597. The van der Waals surface area contributed by atoms with Crippen molar-refractivity contribution in [1.82, 2.24) is 10.4 Å². The molecule has 1 heterocycles. The highest BCUT2D eigenvalue weighted by Gasteiger charge is 2.23. The average molecular weight is 184 g/mol. The molecule has 0 aromatic carbocycles. The van der Waals surface area contributed by atoms with Gasteiger partial charge >= 0.3 is 0 Å². The van der Waals surface area contributed by atoms with Gasteiger partial charge in [-0.05, 0) is 32.6 Å². The van der Waals surface area contributed by atoms with Gasteiger partial charge in [-0.2, -0.15) is 0 Å². The molecule has 0 aromatic rings. The molecule has 2 heteroatoms. The minimum Gasteiger partial charge on any atom is -0.252 e. The van der Waals surface area contributed by atoms with E-state index in [2.05, 4.69) is 38.1 Å². The number of hydrogen-bond acceptors (Lipinski definition) is 2. The Morgan fingerprint density at radius 1 is 1.38 bits per heavy atom. The van der Waals surface area contributed by atoms with E-state index in [1.54, 1.807) is 0 Å². The second-order valence-corrected chi connectivity index (χ2v) is 4.55. The van der Waals surface area contributed by atoms with E-state index in [9.17, 15) is 0 Å². The topological polar surface area (TPSA) is 15.3 Å². The van der Waals surface area contributed by atoms with Crippen LogP contribution in [0, 0.1) is 5.92 Å². The summed E-state index contributed by atoms with van der Waals surface area (Å²) >= 11 is 0. The second-order valence-electron chi connectivity index (χ2n) is 4.55. The normalized spacial score (nSPS) is 27.9. The maximum atomic E-state index is 3.64. The first kappa shape index (κ1) is 11.0. The van der Waals surface area contributed by atoms with Crippen molar-refractivity contribution in [2.75, 3.05) is 6.54 Å². The van der Waals surface area contributed by atoms with Crippen LogP contribution in [0.4, 0.5) is 0 Å². The Labute approximate surface area is 82.7 Å². The molecule has 1 unspecified atom stereocenters. The highest BCUT2D eigenvalue weighted by atomic mass is 15.5. The molecular formula is C11H24N2. The zero-order valence-corrected chi connectivity index (χ0v) is 9.51. The molecule has 0 bridgehead atoms. The van der Waals surface area contributed by atoms with Crippen LogP contribution >= 0.6 is 0 Å². The predicted molar refractivity (Wildman–Crippen MR) is 57.5 cm³/mol. The molecule has 1 rings (SSSR count). The highest BCUT2D eigenvalue weighted by Crippen LogP contribution is 2.18. The number of rotatable bonds is 3. The van der Waals surface area contributed by atoms with Crippen molar-refractivity contribution in [1.29, 1.82) is 0 Å². The van der Waals surface area contributed by atoms with Crippen molar-refractivity contribution in [2.45, 2.75) is 59.0 Å². The summed E-state index contributed by atoms with van der Waals surface area (Å²) in [5.74, 6) is 0.807. The minimum atomic E-state index is 0.631. The summed E-state index contributed by atoms with van der Waals surface area (Å²) < 4.78 is 0. The summed E-state index contributed by atoms with van der Waals surface area (Å²) in [4.78, 5) is 0. The molecule has 78 valence electrons. The van der Waals surface area contributed by atoms with Gasteiger partial charge in [0.05, 0.1) is 0 Å². The van der Waals surface area contributed by atoms with Gasteiger partial charge in [0.15, 0.2) is 0 Å². The van der Waals surface area contributed by atoms with Gasteiger partial charge in [0, 0.05) is 18.6 Å².